The molecule has 2 rings (SSSR count). The molecule has 0 aliphatic carbocycles. The SMILES string of the molecule is Cc1cccc(NC(=O)Cn2cnc(Cl)c(I)c2=O)c1. The lowest BCUT2D eigenvalue weighted by Crippen LogP contribution is -2.29. The van der Waals surface area contributed by atoms with Crippen LogP contribution in [0.2, 0.25) is 5.15 Å². The molecule has 2 aromatic rings. The number of hydrogen-bond donors (Lipinski definition) is 1. The zero-order valence-corrected chi connectivity index (χ0v) is 13.5. The zero-order chi connectivity index (χ0) is 14.7. The second kappa shape index (κ2) is 6.36. The summed E-state index contributed by atoms with van der Waals surface area (Å²) in [6.07, 6.45) is 1.27. The van der Waals surface area contributed by atoms with Gasteiger partial charge in [-0.05, 0) is 47.2 Å². The summed E-state index contributed by atoms with van der Waals surface area (Å²) in [7, 11) is 0. The molecule has 0 atom stereocenters. The topological polar surface area (TPSA) is 64.0 Å². The Balaban J connectivity index is 2.13. The van der Waals surface area contributed by atoms with Gasteiger partial charge in [0.25, 0.3) is 5.56 Å². The third-order valence-electron chi connectivity index (χ3n) is 2.56. The lowest BCUT2D eigenvalue weighted by atomic mass is 10.2. The lowest BCUT2D eigenvalue weighted by Gasteiger charge is -2.08. The molecule has 1 aromatic carbocycles. The molecule has 1 aromatic heterocycles. The third-order valence-corrected chi connectivity index (χ3v) is 4.13. The molecule has 1 amide bonds. The summed E-state index contributed by atoms with van der Waals surface area (Å²) < 4.78 is 1.52. The second-order valence-electron chi connectivity index (χ2n) is 4.20. The van der Waals surface area contributed by atoms with Crippen LogP contribution in [0.1, 0.15) is 5.56 Å². The monoisotopic (exact) mass is 403 g/mol. The molecule has 104 valence electrons. The Hall–Kier alpha value is -1.41. The maximum Gasteiger partial charge on any atom is 0.268 e. The van der Waals surface area contributed by atoms with Crippen LogP contribution in [0, 0.1) is 10.5 Å². The fraction of sp³-hybridized carbons (Fsp3) is 0.154. The molecular weight excluding hydrogens is 393 g/mol. The summed E-state index contributed by atoms with van der Waals surface area (Å²) in [5, 5.41) is 2.88. The number of carbonyl (C=O) groups excluding carboxylic acids is 1. The minimum absolute atomic E-state index is 0.104. The summed E-state index contributed by atoms with van der Waals surface area (Å²) in [5.41, 5.74) is 1.41. The first-order valence-corrected chi connectivity index (χ1v) is 7.20. The number of hydrogen-bond acceptors (Lipinski definition) is 3. The quantitative estimate of drug-likeness (QED) is 0.632. The molecule has 0 saturated carbocycles. The molecular formula is C13H11ClIN3O2. The molecule has 0 spiro atoms. The first kappa shape index (κ1) is 15.0. The number of aromatic nitrogens is 2. The van der Waals surface area contributed by atoms with E-state index in [0.717, 1.165) is 5.56 Å². The Morgan fingerprint density at radius 3 is 2.95 bits per heavy atom. The summed E-state index contributed by atoms with van der Waals surface area (Å²) in [5.74, 6) is -0.294. The molecule has 0 unspecified atom stereocenters. The molecule has 1 N–H and O–H groups in total. The average Bonchev–Trinajstić information content (AvgIpc) is 2.39. The van der Waals surface area contributed by atoms with E-state index < -0.39 is 0 Å². The van der Waals surface area contributed by atoms with Crippen molar-refractivity contribution >= 4 is 45.8 Å². The molecule has 1 heterocycles. The van der Waals surface area contributed by atoms with Gasteiger partial charge in [0.1, 0.15) is 15.3 Å². The van der Waals surface area contributed by atoms with Gasteiger partial charge in [0.05, 0.1) is 6.33 Å². The van der Waals surface area contributed by atoms with E-state index in [4.69, 9.17) is 11.6 Å². The van der Waals surface area contributed by atoms with Crippen LogP contribution in [0.4, 0.5) is 5.69 Å². The number of carbonyl (C=O) groups is 1. The highest BCUT2D eigenvalue weighted by molar-refractivity contribution is 14.1. The number of nitrogens with zero attached hydrogens (tertiary/aromatic N) is 2. The van der Waals surface area contributed by atoms with Gasteiger partial charge in [0.15, 0.2) is 0 Å². The normalized spacial score (nSPS) is 10.3. The Morgan fingerprint density at radius 1 is 1.50 bits per heavy atom. The van der Waals surface area contributed by atoms with E-state index in [2.05, 4.69) is 10.3 Å². The van der Waals surface area contributed by atoms with Crippen molar-refractivity contribution in [3.8, 4) is 0 Å². The van der Waals surface area contributed by atoms with Crippen LogP contribution >= 0.6 is 34.2 Å². The Morgan fingerprint density at radius 2 is 2.25 bits per heavy atom. The van der Waals surface area contributed by atoms with Crippen LogP contribution in [-0.4, -0.2) is 15.5 Å². The van der Waals surface area contributed by atoms with E-state index in [1.165, 1.54) is 10.9 Å². The predicted molar refractivity (Wildman–Crippen MR) is 86.0 cm³/mol. The number of rotatable bonds is 3. The molecule has 0 fully saturated rings. The summed E-state index contributed by atoms with van der Waals surface area (Å²) in [6, 6.07) is 7.43. The van der Waals surface area contributed by atoms with Crippen molar-refractivity contribution in [2.75, 3.05) is 5.32 Å². The first-order chi connectivity index (χ1) is 9.47. The maximum atomic E-state index is 11.9. The van der Waals surface area contributed by atoms with Crippen LogP contribution in [0.15, 0.2) is 35.4 Å². The Kier molecular flexibility index (Phi) is 4.77. The Bertz CT molecular complexity index is 715. The van der Waals surface area contributed by atoms with Crippen molar-refractivity contribution in [3.05, 3.63) is 55.2 Å². The van der Waals surface area contributed by atoms with E-state index >= 15 is 0 Å². The van der Waals surface area contributed by atoms with Crippen LogP contribution in [0.3, 0.4) is 0 Å². The number of aryl methyl sites for hydroxylation is 1. The van der Waals surface area contributed by atoms with Crippen LogP contribution in [-0.2, 0) is 11.3 Å². The van der Waals surface area contributed by atoms with Crippen LogP contribution in [0.5, 0.6) is 0 Å². The summed E-state index contributed by atoms with van der Waals surface area (Å²) in [4.78, 5) is 27.6. The lowest BCUT2D eigenvalue weighted by molar-refractivity contribution is -0.116. The molecule has 0 radical (unpaired) electrons. The van der Waals surface area contributed by atoms with Crippen molar-refractivity contribution in [1.29, 1.82) is 0 Å². The largest absolute Gasteiger partial charge is 0.325 e. The number of amides is 1. The van der Waals surface area contributed by atoms with Gasteiger partial charge in [-0.2, -0.15) is 0 Å². The highest BCUT2D eigenvalue weighted by Gasteiger charge is 2.10. The van der Waals surface area contributed by atoms with Crippen molar-refractivity contribution in [1.82, 2.24) is 9.55 Å². The zero-order valence-electron chi connectivity index (χ0n) is 10.6. The van der Waals surface area contributed by atoms with E-state index in [0.29, 0.717) is 9.26 Å². The molecule has 0 aliphatic heterocycles. The van der Waals surface area contributed by atoms with E-state index in [-0.39, 0.29) is 23.2 Å². The van der Waals surface area contributed by atoms with Gasteiger partial charge in [-0.1, -0.05) is 23.7 Å². The van der Waals surface area contributed by atoms with E-state index in [9.17, 15) is 9.59 Å². The van der Waals surface area contributed by atoms with Gasteiger partial charge in [0, 0.05) is 5.69 Å². The fourth-order valence-electron chi connectivity index (χ4n) is 1.63. The van der Waals surface area contributed by atoms with Crippen LogP contribution in [0.25, 0.3) is 0 Å². The number of benzene rings is 1. The van der Waals surface area contributed by atoms with Gasteiger partial charge >= 0.3 is 0 Å². The second-order valence-corrected chi connectivity index (χ2v) is 5.64. The van der Waals surface area contributed by atoms with Crippen LogP contribution < -0.4 is 10.9 Å². The minimum atomic E-state index is -0.329. The molecule has 5 nitrogen and oxygen atoms in total. The molecule has 7 heteroatoms. The smallest absolute Gasteiger partial charge is 0.268 e. The number of nitrogens with one attached hydrogen (secondary N) is 1. The maximum absolute atomic E-state index is 11.9. The van der Waals surface area contributed by atoms with Crippen molar-refractivity contribution in [2.24, 2.45) is 0 Å². The first-order valence-electron chi connectivity index (χ1n) is 5.74. The standard InChI is InChI=1S/C13H11ClIN3O2/c1-8-3-2-4-9(5-8)17-10(19)6-18-7-16-12(14)11(15)13(18)20/h2-5,7H,6H2,1H3,(H,17,19). The third kappa shape index (κ3) is 3.57. The van der Waals surface area contributed by atoms with Gasteiger partial charge in [-0.15, -0.1) is 0 Å². The highest BCUT2D eigenvalue weighted by atomic mass is 127. The van der Waals surface area contributed by atoms with E-state index in [1.54, 1.807) is 6.07 Å². The highest BCUT2D eigenvalue weighted by Crippen LogP contribution is 2.11. The van der Waals surface area contributed by atoms with Gasteiger partial charge in [-0.3, -0.25) is 14.2 Å². The van der Waals surface area contributed by atoms with Gasteiger partial charge in [0.2, 0.25) is 5.91 Å². The molecule has 0 saturated heterocycles. The minimum Gasteiger partial charge on any atom is -0.325 e. The number of anilines is 1. The molecule has 20 heavy (non-hydrogen) atoms. The van der Waals surface area contributed by atoms with Crippen molar-refractivity contribution in [3.63, 3.8) is 0 Å². The van der Waals surface area contributed by atoms with Gasteiger partial charge < -0.3 is 5.32 Å². The average molecular weight is 404 g/mol. The summed E-state index contributed by atoms with van der Waals surface area (Å²) >= 11 is 7.55. The van der Waals surface area contributed by atoms with E-state index in [1.807, 2.05) is 47.7 Å². The molecule has 0 bridgehead atoms. The van der Waals surface area contributed by atoms with Gasteiger partial charge in [-0.25, -0.2) is 4.98 Å². The molecule has 0 aliphatic rings. The number of halogens is 2. The predicted octanol–water partition coefficient (Wildman–Crippen LogP) is 2.45. The van der Waals surface area contributed by atoms with Crippen molar-refractivity contribution < 1.29 is 4.79 Å². The Labute approximate surface area is 134 Å². The summed E-state index contributed by atoms with van der Waals surface area (Å²) in [6.45, 7) is 1.83. The fourth-order valence-corrected chi connectivity index (χ4v) is 2.21. The van der Waals surface area contributed by atoms with Crippen molar-refractivity contribution in [2.45, 2.75) is 13.5 Å².